The summed E-state index contributed by atoms with van der Waals surface area (Å²) < 4.78 is 23.9. The zero-order valence-corrected chi connectivity index (χ0v) is 11.5. The number of halogens is 1. The highest BCUT2D eigenvalue weighted by Crippen LogP contribution is 2.25. The fraction of sp³-hybridized carbons (Fsp3) is 0.429. The maximum absolute atomic E-state index is 13.9. The zero-order chi connectivity index (χ0) is 15.5. The second-order valence-corrected chi connectivity index (χ2v) is 4.77. The van der Waals surface area contributed by atoms with Crippen LogP contribution in [-0.4, -0.2) is 42.8 Å². The Bertz CT molecular complexity index is 554. The van der Waals surface area contributed by atoms with Crippen LogP contribution in [0.4, 0.5) is 4.39 Å². The van der Waals surface area contributed by atoms with E-state index in [0.717, 1.165) is 6.07 Å². The van der Waals surface area contributed by atoms with Crippen molar-refractivity contribution in [3.63, 3.8) is 0 Å². The lowest BCUT2D eigenvalue weighted by molar-refractivity contribution is -0.148. The van der Waals surface area contributed by atoms with Crippen molar-refractivity contribution >= 4 is 11.9 Å². The molecule has 1 amide bonds. The number of carboxylic acid groups (broad SMARTS) is 1. The number of carbonyl (C=O) groups excluding carboxylic acids is 1. The molecule has 1 fully saturated rings. The van der Waals surface area contributed by atoms with Crippen LogP contribution in [0.25, 0.3) is 0 Å². The van der Waals surface area contributed by atoms with Gasteiger partial charge in [-0.25, -0.2) is 9.18 Å². The lowest BCUT2D eigenvalue weighted by atomic mass is 9.89. The van der Waals surface area contributed by atoms with E-state index >= 15 is 0 Å². The van der Waals surface area contributed by atoms with Gasteiger partial charge in [-0.1, -0.05) is 6.07 Å². The van der Waals surface area contributed by atoms with Crippen molar-refractivity contribution in [2.75, 3.05) is 20.3 Å². The summed E-state index contributed by atoms with van der Waals surface area (Å²) in [5.41, 5.74) is -1.74. The first kappa shape index (κ1) is 15.2. The summed E-state index contributed by atoms with van der Waals surface area (Å²) in [6, 6.07) is 3.97. The molecule has 1 saturated heterocycles. The van der Waals surface area contributed by atoms with E-state index in [1.54, 1.807) is 0 Å². The molecule has 7 heteroatoms. The van der Waals surface area contributed by atoms with E-state index in [1.807, 2.05) is 0 Å². The van der Waals surface area contributed by atoms with Gasteiger partial charge < -0.3 is 19.9 Å². The summed E-state index contributed by atoms with van der Waals surface area (Å²) in [4.78, 5) is 23.8. The number of carbonyl (C=O) groups is 2. The number of methoxy groups -OCH3 is 1. The van der Waals surface area contributed by atoms with Crippen LogP contribution < -0.4 is 10.1 Å². The van der Waals surface area contributed by atoms with Crippen molar-refractivity contribution in [1.29, 1.82) is 0 Å². The van der Waals surface area contributed by atoms with Gasteiger partial charge in [-0.05, 0) is 12.1 Å². The average molecular weight is 297 g/mol. The molecule has 0 spiro atoms. The average Bonchev–Trinajstić information content (AvgIpc) is 2.47. The predicted octanol–water partition coefficient (Wildman–Crippen LogP) is 1.20. The molecular weight excluding hydrogens is 281 g/mol. The van der Waals surface area contributed by atoms with Gasteiger partial charge in [-0.3, -0.25) is 4.79 Å². The fourth-order valence-corrected chi connectivity index (χ4v) is 2.29. The number of hydrogen-bond donors (Lipinski definition) is 2. The first-order valence-electron chi connectivity index (χ1n) is 6.46. The van der Waals surface area contributed by atoms with Crippen LogP contribution in [0.5, 0.6) is 5.75 Å². The van der Waals surface area contributed by atoms with Gasteiger partial charge >= 0.3 is 5.97 Å². The van der Waals surface area contributed by atoms with Crippen molar-refractivity contribution in [3.05, 3.63) is 29.6 Å². The van der Waals surface area contributed by atoms with Crippen molar-refractivity contribution in [1.82, 2.24) is 5.32 Å². The largest absolute Gasteiger partial charge is 0.496 e. The van der Waals surface area contributed by atoms with Crippen LogP contribution in [0, 0.1) is 5.82 Å². The van der Waals surface area contributed by atoms with Crippen LogP contribution in [0.3, 0.4) is 0 Å². The molecule has 0 unspecified atom stereocenters. The summed E-state index contributed by atoms with van der Waals surface area (Å²) in [6.45, 7) is 0.446. The van der Waals surface area contributed by atoms with Gasteiger partial charge in [0.05, 0.1) is 7.11 Å². The summed E-state index contributed by atoms with van der Waals surface area (Å²) in [5, 5.41) is 11.8. The lowest BCUT2D eigenvalue weighted by Gasteiger charge is -2.34. The van der Waals surface area contributed by atoms with Gasteiger partial charge in [0.1, 0.15) is 22.7 Å². The van der Waals surface area contributed by atoms with E-state index in [9.17, 15) is 19.1 Å². The maximum Gasteiger partial charge on any atom is 0.329 e. The smallest absolute Gasteiger partial charge is 0.329 e. The molecule has 0 aromatic heterocycles. The first-order chi connectivity index (χ1) is 10.00. The number of aliphatic carboxylic acids is 1. The van der Waals surface area contributed by atoms with Gasteiger partial charge in [0.15, 0.2) is 0 Å². The predicted molar refractivity (Wildman–Crippen MR) is 70.8 cm³/mol. The third kappa shape index (κ3) is 2.97. The van der Waals surface area contributed by atoms with Crippen molar-refractivity contribution < 1.29 is 28.6 Å². The van der Waals surface area contributed by atoms with Crippen LogP contribution in [0.2, 0.25) is 0 Å². The van der Waals surface area contributed by atoms with Gasteiger partial charge in [0.25, 0.3) is 5.91 Å². The minimum atomic E-state index is -1.44. The van der Waals surface area contributed by atoms with Gasteiger partial charge in [-0.2, -0.15) is 0 Å². The molecule has 1 aliphatic rings. The van der Waals surface area contributed by atoms with Crippen molar-refractivity contribution in [3.8, 4) is 5.75 Å². The normalized spacial score (nSPS) is 17.0. The number of nitrogens with one attached hydrogen (secondary N) is 1. The van der Waals surface area contributed by atoms with Gasteiger partial charge in [0, 0.05) is 26.1 Å². The molecule has 1 heterocycles. The zero-order valence-electron chi connectivity index (χ0n) is 11.5. The topological polar surface area (TPSA) is 84.9 Å². The van der Waals surface area contributed by atoms with Gasteiger partial charge in [0.2, 0.25) is 0 Å². The fourth-order valence-electron chi connectivity index (χ4n) is 2.29. The highest BCUT2D eigenvalue weighted by Gasteiger charge is 2.42. The second kappa shape index (κ2) is 6.09. The number of hydrogen-bond acceptors (Lipinski definition) is 4. The molecule has 1 aromatic carbocycles. The third-order valence-electron chi connectivity index (χ3n) is 3.53. The minimum Gasteiger partial charge on any atom is -0.496 e. The standard InChI is InChI=1S/C14H16FNO5/c1-20-10-4-2-3-9(15)11(10)12(17)16-14(13(18)19)5-7-21-8-6-14/h2-4H,5-8H2,1H3,(H,16,17)(H,18,19). The minimum absolute atomic E-state index is 0.0556. The monoisotopic (exact) mass is 297 g/mol. The van der Waals surface area contributed by atoms with E-state index in [4.69, 9.17) is 9.47 Å². The van der Waals surface area contributed by atoms with E-state index in [2.05, 4.69) is 5.32 Å². The Balaban J connectivity index is 2.30. The van der Waals surface area contributed by atoms with E-state index < -0.39 is 23.2 Å². The lowest BCUT2D eigenvalue weighted by Crippen LogP contribution is -2.57. The summed E-state index contributed by atoms with van der Waals surface area (Å²) in [5.74, 6) is -2.68. The quantitative estimate of drug-likeness (QED) is 0.872. The Morgan fingerprint density at radius 3 is 2.62 bits per heavy atom. The van der Waals surface area contributed by atoms with Crippen molar-refractivity contribution in [2.24, 2.45) is 0 Å². The molecular formula is C14H16FNO5. The van der Waals surface area contributed by atoms with Crippen LogP contribution in [0.1, 0.15) is 23.2 Å². The molecule has 6 nitrogen and oxygen atoms in total. The van der Waals surface area contributed by atoms with E-state index in [-0.39, 0.29) is 37.4 Å². The molecule has 21 heavy (non-hydrogen) atoms. The Labute approximate surface area is 120 Å². The van der Waals surface area contributed by atoms with Gasteiger partial charge in [-0.15, -0.1) is 0 Å². The Morgan fingerprint density at radius 2 is 2.05 bits per heavy atom. The van der Waals surface area contributed by atoms with Crippen LogP contribution in [-0.2, 0) is 9.53 Å². The molecule has 0 bridgehead atoms. The summed E-state index contributed by atoms with van der Waals surface area (Å²) in [7, 11) is 1.31. The van der Waals surface area contributed by atoms with E-state index in [1.165, 1.54) is 19.2 Å². The van der Waals surface area contributed by atoms with E-state index in [0.29, 0.717) is 0 Å². The number of rotatable bonds is 4. The molecule has 0 atom stereocenters. The summed E-state index contributed by atoms with van der Waals surface area (Å²) >= 11 is 0. The first-order valence-corrected chi connectivity index (χ1v) is 6.46. The third-order valence-corrected chi connectivity index (χ3v) is 3.53. The Kier molecular flexibility index (Phi) is 4.42. The molecule has 1 aliphatic heterocycles. The number of carboxylic acids is 1. The van der Waals surface area contributed by atoms with Crippen molar-refractivity contribution in [2.45, 2.75) is 18.4 Å². The highest BCUT2D eigenvalue weighted by atomic mass is 19.1. The summed E-state index contributed by atoms with van der Waals surface area (Å²) in [6.07, 6.45) is 0.260. The highest BCUT2D eigenvalue weighted by molar-refractivity contribution is 6.00. The SMILES string of the molecule is COc1cccc(F)c1C(=O)NC1(C(=O)O)CCOCC1. The molecule has 1 aromatic rings. The number of benzene rings is 1. The molecule has 0 radical (unpaired) electrons. The molecule has 2 N–H and O–H groups in total. The molecule has 2 rings (SSSR count). The second-order valence-electron chi connectivity index (χ2n) is 4.77. The Hall–Kier alpha value is -2.15. The van der Waals surface area contributed by atoms with Crippen LogP contribution in [0.15, 0.2) is 18.2 Å². The number of ether oxygens (including phenoxy) is 2. The molecule has 114 valence electrons. The number of amides is 1. The van der Waals surface area contributed by atoms with Crippen LogP contribution >= 0.6 is 0 Å². The molecule has 0 aliphatic carbocycles. The molecule has 0 saturated carbocycles. The maximum atomic E-state index is 13.9. The Morgan fingerprint density at radius 1 is 1.38 bits per heavy atom.